The van der Waals surface area contributed by atoms with Crippen LogP contribution in [0.3, 0.4) is 0 Å². The van der Waals surface area contributed by atoms with Crippen molar-refractivity contribution in [3.05, 3.63) is 112 Å². The predicted molar refractivity (Wildman–Crippen MR) is 123 cm³/mol. The number of hydrogen-bond acceptors (Lipinski definition) is 4. The number of allylic oxidation sites excluding steroid dienone is 1. The lowest BCUT2D eigenvalue weighted by molar-refractivity contribution is 0.104. The van der Waals surface area contributed by atoms with E-state index in [1.165, 1.54) is 10.5 Å². The highest BCUT2D eigenvalue weighted by Gasteiger charge is 2.39. The molecule has 0 radical (unpaired) electrons. The molecule has 158 valence electrons. The van der Waals surface area contributed by atoms with Gasteiger partial charge in [-0.05, 0) is 37.1 Å². The average Bonchev–Trinajstić information content (AvgIpc) is 2.76. The predicted octanol–water partition coefficient (Wildman–Crippen LogP) is 4.47. The molecule has 3 aromatic rings. The van der Waals surface area contributed by atoms with E-state index >= 15 is 0 Å². The SMILES string of the molecule is Cc1ccc(CN/C=C2\C(=O)c3ccccc3N(Cc3ccc(C)cc3)S2(=O)=O)cc1. The van der Waals surface area contributed by atoms with E-state index < -0.39 is 15.8 Å². The topological polar surface area (TPSA) is 66.5 Å². The Bertz CT molecular complexity index is 1240. The fraction of sp³-hybridized carbons (Fsp3) is 0.160. The van der Waals surface area contributed by atoms with Crippen LogP contribution in [0.2, 0.25) is 0 Å². The maximum atomic E-state index is 13.4. The van der Waals surface area contributed by atoms with Crippen LogP contribution < -0.4 is 9.62 Å². The molecule has 5 nitrogen and oxygen atoms in total. The molecule has 0 saturated carbocycles. The first-order valence-electron chi connectivity index (χ1n) is 10.1. The van der Waals surface area contributed by atoms with Crippen molar-refractivity contribution in [3.63, 3.8) is 0 Å². The highest BCUT2D eigenvalue weighted by Crippen LogP contribution is 2.36. The number of fused-ring (bicyclic) bond motifs is 1. The maximum Gasteiger partial charge on any atom is 0.270 e. The summed E-state index contributed by atoms with van der Waals surface area (Å²) in [6.45, 7) is 4.57. The van der Waals surface area contributed by atoms with Crippen LogP contribution in [0.5, 0.6) is 0 Å². The van der Waals surface area contributed by atoms with Gasteiger partial charge in [0.15, 0.2) is 4.91 Å². The molecule has 0 spiro atoms. The Morgan fingerprint density at radius 3 is 2.06 bits per heavy atom. The van der Waals surface area contributed by atoms with Gasteiger partial charge in [-0.15, -0.1) is 0 Å². The first-order chi connectivity index (χ1) is 14.9. The van der Waals surface area contributed by atoms with Crippen LogP contribution in [-0.2, 0) is 23.1 Å². The fourth-order valence-electron chi connectivity index (χ4n) is 3.52. The Balaban J connectivity index is 1.68. The van der Waals surface area contributed by atoms with Gasteiger partial charge in [0, 0.05) is 18.3 Å². The second-order valence-electron chi connectivity index (χ2n) is 7.72. The lowest BCUT2D eigenvalue weighted by Crippen LogP contribution is -2.39. The van der Waals surface area contributed by atoms with Crippen LogP contribution in [0.4, 0.5) is 5.69 Å². The number of nitrogens with one attached hydrogen (secondary N) is 1. The van der Waals surface area contributed by atoms with Gasteiger partial charge >= 0.3 is 0 Å². The molecule has 31 heavy (non-hydrogen) atoms. The summed E-state index contributed by atoms with van der Waals surface area (Å²) < 4.78 is 28.2. The minimum absolute atomic E-state index is 0.155. The van der Waals surface area contributed by atoms with Crippen molar-refractivity contribution in [1.29, 1.82) is 0 Å². The molecule has 0 atom stereocenters. The second kappa shape index (κ2) is 8.40. The first kappa shape index (κ1) is 20.9. The standard InChI is InChI=1S/C25H24N2O3S/c1-18-7-11-20(12-8-18)15-26-16-24-25(28)22-5-3-4-6-23(22)27(31(24,29)30)17-21-13-9-19(2)10-14-21/h3-14,16,26H,15,17H2,1-2H3/b24-16+. The maximum absolute atomic E-state index is 13.4. The lowest BCUT2D eigenvalue weighted by atomic mass is 10.1. The van der Waals surface area contributed by atoms with E-state index in [0.29, 0.717) is 17.8 Å². The van der Waals surface area contributed by atoms with Crippen molar-refractivity contribution >= 4 is 21.5 Å². The van der Waals surface area contributed by atoms with Crippen LogP contribution >= 0.6 is 0 Å². The van der Waals surface area contributed by atoms with Crippen molar-refractivity contribution in [2.24, 2.45) is 0 Å². The number of benzene rings is 3. The number of rotatable bonds is 5. The summed E-state index contributed by atoms with van der Waals surface area (Å²) in [6, 6.07) is 22.5. The minimum atomic E-state index is -4.01. The van der Waals surface area contributed by atoms with Gasteiger partial charge in [-0.2, -0.15) is 0 Å². The third-order valence-corrected chi connectivity index (χ3v) is 7.08. The quantitative estimate of drug-likeness (QED) is 0.604. The molecule has 0 amide bonds. The summed E-state index contributed by atoms with van der Waals surface area (Å²) >= 11 is 0. The summed E-state index contributed by atoms with van der Waals surface area (Å²) in [4.78, 5) is 12.8. The van der Waals surface area contributed by atoms with E-state index in [1.54, 1.807) is 24.3 Å². The van der Waals surface area contributed by atoms with Gasteiger partial charge in [0.2, 0.25) is 5.78 Å². The lowest BCUT2D eigenvalue weighted by Gasteiger charge is -2.31. The molecule has 4 rings (SSSR count). The summed E-state index contributed by atoms with van der Waals surface area (Å²) in [7, 11) is -4.01. The number of carbonyl (C=O) groups excluding carboxylic acids is 1. The molecule has 1 heterocycles. The van der Waals surface area contributed by atoms with E-state index in [9.17, 15) is 13.2 Å². The zero-order chi connectivity index (χ0) is 22.0. The molecule has 0 aliphatic carbocycles. The van der Waals surface area contributed by atoms with Crippen molar-refractivity contribution in [2.45, 2.75) is 26.9 Å². The Kier molecular flexibility index (Phi) is 5.65. The van der Waals surface area contributed by atoms with Gasteiger partial charge in [-0.1, -0.05) is 71.8 Å². The number of anilines is 1. The van der Waals surface area contributed by atoms with Gasteiger partial charge in [0.1, 0.15) is 0 Å². The van der Waals surface area contributed by atoms with Crippen LogP contribution in [0.25, 0.3) is 0 Å². The first-order valence-corrected chi connectivity index (χ1v) is 11.5. The largest absolute Gasteiger partial charge is 0.386 e. The van der Waals surface area contributed by atoms with Crippen molar-refractivity contribution in [1.82, 2.24) is 5.32 Å². The third kappa shape index (κ3) is 4.25. The minimum Gasteiger partial charge on any atom is -0.386 e. The number of carbonyl (C=O) groups is 1. The van der Waals surface area contributed by atoms with Crippen molar-refractivity contribution in [3.8, 4) is 0 Å². The molecular weight excluding hydrogens is 408 g/mol. The Hall–Kier alpha value is -3.38. The summed E-state index contributed by atoms with van der Waals surface area (Å²) in [5, 5.41) is 3.01. The summed E-state index contributed by atoms with van der Waals surface area (Å²) in [5.41, 5.74) is 4.89. The summed E-state index contributed by atoms with van der Waals surface area (Å²) in [6.07, 6.45) is 1.33. The number of Topliss-reactive ketones (excluding diaryl/α,β-unsaturated/α-hetero) is 1. The van der Waals surface area contributed by atoms with Crippen molar-refractivity contribution < 1.29 is 13.2 Å². The van der Waals surface area contributed by atoms with Gasteiger partial charge in [-0.25, -0.2) is 8.42 Å². The fourth-order valence-corrected chi connectivity index (χ4v) is 5.07. The van der Waals surface area contributed by atoms with Gasteiger partial charge < -0.3 is 5.32 Å². The monoisotopic (exact) mass is 432 g/mol. The highest BCUT2D eigenvalue weighted by atomic mass is 32.2. The molecule has 0 unspecified atom stereocenters. The molecule has 6 heteroatoms. The normalized spacial score (nSPS) is 16.3. The summed E-state index contributed by atoms with van der Waals surface area (Å²) in [5.74, 6) is -0.493. The van der Waals surface area contributed by atoms with Crippen molar-refractivity contribution in [2.75, 3.05) is 4.31 Å². The van der Waals surface area contributed by atoms with Gasteiger partial charge in [0.05, 0.1) is 12.2 Å². The zero-order valence-corrected chi connectivity index (χ0v) is 18.3. The Labute approximate surface area is 183 Å². The zero-order valence-electron chi connectivity index (χ0n) is 17.5. The van der Waals surface area contributed by atoms with Crippen LogP contribution in [0.15, 0.2) is 83.9 Å². The molecule has 3 aromatic carbocycles. The van der Waals surface area contributed by atoms with E-state index in [1.807, 2.05) is 62.4 Å². The molecule has 0 fully saturated rings. The Morgan fingerprint density at radius 2 is 1.42 bits per heavy atom. The van der Waals surface area contributed by atoms with Gasteiger partial charge in [-0.3, -0.25) is 9.10 Å². The highest BCUT2D eigenvalue weighted by molar-refractivity contribution is 7.97. The second-order valence-corrected chi connectivity index (χ2v) is 9.55. The van der Waals surface area contributed by atoms with E-state index in [2.05, 4.69) is 5.32 Å². The third-order valence-electron chi connectivity index (χ3n) is 5.32. The molecule has 0 saturated heterocycles. The number of sulfonamides is 1. The number of hydrogen-bond donors (Lipinski definition) is 1. The van der Waals surface area contributed by atoms with Crippen LogP contribution in [0.1, 0.15) is 32.6 Å². The van der Waals surface area contributed by atoms with Crippen LogP contribution in [0, 0.1) is 13.8 Å². The molecule has 0 aromatic heterocycles. The van der Waals surface area contributed by atoms with E-state index in [-0.39, 0.29) is 11.4 Å². The molecule has 0 bridgehead atoms. The smallest absolute Gasteiger partial charge is 0.270 e. The number of para-hydroxylation sites is 1. The van der Waals surface area contributed by atoms with Crippen LogP contribution in [-0.4, -0.2) is 14.2 Å². The molecular formula is C25H24N2O3S. The molecule has 1 aliphatic heterocycles. The Morgan fingerprint density at radius 1 is 0.839 bits per heavy atom. The van der Waals surface area contributed by atoms with Gasteiger partial charge in [0.25, 0.3) is 10.0 Å². The molecule has 1 N–H and O–H groups in total. The number of nitrogens with zero attached hydrogens (tertiary/aromatic N) is 1. The van der Waals surface area contributed by atoms with E-state index in [0.717, 1.165) is 22.3 Å². The van der Waals surface area contributed by atoms with E-state index in [4.69, 9.17) is 0 Å². The molecule has 1 aliphatic rings. The average molecular weight is 433 g/mol. The number of aryl methyl sites for hydroxylation is 2. The number of ketones is 1.